The van der Waals surface area contributed by atoms with Crippen LogP contribution in [0.2, 0.25) is 0 Å². The zero-order chi connectivity index (χ0) is 17.0. The fourth-order valence-electron chi connectivity index (χ4n) is 1.88. The highest BCUT2D eigenvalue weighted by Gasteiger charge is 2.15. The van der Waals surface area contributed by atoms with E-state index in [0.29, 0.717) is 0 Å². The van der Waals surface area contributed by atoms with Gasteiger partial charge in [0.15, 0.2) is 9.84 Å². The zero-order valence-corrected chi connectivity index (χ0v) is 12.8. The van der Waals surface area contributed by atoms with Crippen LogP contribution in [-0.2, 0) is 9.84 Å². The molecule has 0 spiro atoms. The third kappa shape index (κ3) is 4.49. The zero-order valence-electron chi connectivity index (χ0n) is 12.0. The van der Waals surface area contributed by atoms with E-state index < -0.39 is 22.4 Å². The van der Waals surface area contributed by atoms with Gasteiger partial charge in [0, 0.05) is 11.8 Å². The molecule has 0 aliphatic heterocycles. The van der Waals surface area contributed by atoms with Crippen molar-refractivity contribution in [1.29, 1.82) is 0 Å². The molecule has 122 valence electrons. The summed E-state index contributed by atoms with van der Waals surface area (Å²) in [7, 11) is -3.50. The SMILES string of the molecule is CS(=O)(=O)c1ccccc1NC(=O)c1ccc(OC(F)F)cc1. The van der Waals surface area contributed by atoms with Gasteiger partial charge < -0.3 is 10.1 Å². The minimum atomic E-state index is -3.50. The first-order chi connectivity index (χ1) is 10.8. The second-order valence-electron chi connectivity index (χ2n) is 4.63. The molecule has 0 saturated heterocycles. The van der Waals surface area contributed by atoms with Crippen LogP contribution in [0.15, 0.2) is 53.4 Å². The number of benzene rings is 2. The number of hydrogen-bond acceptors (Lipinski definition) is 4. The molecule has 23 heavy (non-hydrogen) atoms. The van der Waals surface area contributed by atoms with Gasteiger partial charge in [0.05, 0.1) is 10.6 Å². The molecule has 1 amide bonds. The van der Waals surface area contributed by atoms with Crippen molar-refractivity contribution in [2.45, 2.75) is 11.5 Å². The molecule has 1 N–H and O–H groups in total. The molecular formula is C15H13F2NO4S. The minimum absolute atomic E-state index is 0.00833. The van der Waals surface area contributed by atoms with Gasteiger partial charge in [0.2, 0.25) is 0 Å². The van der Waals surface area contributed by atoms with Crippen molar-refractivity contribution in [1.82, 2.24) is 0 Å². The first-order valence-electron chi connectivity index (χ1n) is 6.42. The second-order valence-corrected chi connectivity index (χ2v) is 6.61. The molecule has 2 aromatic rings. The predicted molar refractivity (Wildman–Crippen MR) is 80.6 cm³/mol. The maximum atomic E-state index is 12.1. The predicted octanol–water partition coefficient (Wildman–Crippen LogP) is 2.94. The summed E-state index contributed by atoms with van der Waals surface area (Å²) in [5.74, 6) is -0.641. The first-order valence-corrected chi connectivity index (χ1v) is 8.32. The lowest BCUT2D eigenvalue weighted by atomic mass is 10.2. The number of carbonyl (C=O) groups is 1. The van der Waals surface area contributed by atoms with Crippen molar-refractivity contribution < 1.29 is 26.7 Å². The van der Waals surface area contributed by atoms with Gasteiger partial charge in [-0.2, -0.15) is 8.78 Å². The Labute approximate surface area is 131 Å². The molecule has 0 radical (unpaired) electrons. The summed E-state index contributed by atoms with van der Waals surface area (Å²) in [5.41, 5.74) is 0.322. The molecule has 5 nitrogen and oxygen atoms in total. The fraction of sp³-hybridized carbons (Fsp3) is 0.133. The molecular weight excluding hydrogens is 328 g/mol. The molecule has 8 heteroatoms. The molecule has 0 heterocycles. The summed E-state index contributed by atoms with van der Waals surface area (Å²) in [6, 6.07) is 11.0. The first kappa shape index (κ1) is 16.9. The Morgan fingerprint density at radius 2 is 1.70 bits per heavy atom. The van der Waals surface area contributed by atoms with Crippen molar-refractivity contribution in [3.63, 3.8) is 0 Å². The molecule has 2 aromatic carbocycles. The van der Waals surface area contributed by atoms with Gasteiger partial charge in [-0.1, -0.05) is 12.1 Å². The Morgan fingerprint density at radius 3 is 2.26 bits per heavy atom. The summed E-state index contributed by atoms with van der Waals surface area (Å²) in [5, 5.41) is 2.49. The van der Waals surface area contributed by atoms with Gasteiger partial charge in [-0.25, -0.2) is 8.42 Å². The number of carbonyl (C=O) groups excluding carboxylic acids is 1. The summed E-state index contributed by atoms with van der Waals surface area (Å²) in [6.07, 6.45) is 1.04. The number of hydrogen-bond donors (Lipinski definition) is 1. The Balaban J connectivity index is 2.20. The number of sulfone groups is 1. The van der Waals surface area contributed by atoms with Crippen molar-refractivity contribution in [2.75, 3.05) is 11.6 Å². The molecule has 0 aliphatic rings. The lowest BCUT2D eigenvalue weighted by Gasteiger charge is -2.10. The summed E-state index contributed by atoms with van der Waals surface area (Å²) in [4.78, 5) is 12.1. The number of ether oxygens (including phenoxy) is 1. The number of halogens is 2. The third-order valence-electron chi connectivity index (χ3n) is 2.88. The highest BCUT2D eigenvalue weighted by atomic mass is 32.2. The van der Waals surface area contributed by atoms with E-state index in [2.05, 4.69) is 10.1 Å². The van der Waals surface area contributed by atoms with Crippen molar-refractivity contribution in [2.24, 2.45) is 0 Å². The molecule has 2 rings (SSSR count). The largest absolute Gasteiger partial charge is 0.435 e. The maximum absolute atomic E-state index is 12.1. The molecule has 0 aliphatic carbocycles. The normalized spacial score (nSPS) is 11.3. The van der Waals surface area contributed by atoms with Gasteiger partial charge in [0.25, 0.3) is 5.91 Å². The van der Waals surface area contributed by atoms with Crippen molar-refractivity contribution >= 4 is 21.4 Å². The monoisotopic (exact) mass is 341 g/mol. The van der Waals surface area contributed by atoms with Crippen LogP contribution >= 0.6 is 0 Å². The Kier molecular flexibility index (Phi) is 4.95. The average molecular weight is 341 g/mol. The number of para-hydroxylation sites is 1. The van der Waals surface area contributed by atoms with Crippen LogP contribution in [0.1, 0.15) is 10.4 Å². The third-order valence-corrected chi connectivity index (χ3v) is 4.03. The number of anilines is 1. The van der Waals surface area contributed by atoms with E-state index in [1.807, 2.05) is 0 Å². The molecule has 0 atom stereocenters. The average Bonchev–Trinajstić information content (AvgIpc) is 2.46. The maximum Gasteiger partial charge on any atom is 0.387 e. The Bertz CT molecular complexity index is 804. The Morgan fingerprint density at radius 1 is 1.09 bits per heavy atom. The van der Waals surface area contributed by atoms with Crippen LogP contribution in [0.4, 0.5) is 14.5 Å². The highest BCUT2D eigenvalue weighted by Crippen LogP contribution is 2.22. The van der Waals surface area contributed by atoms with Gasteiger partial charge in [-0.15, -0.1) is 0 Å². The van der Waals surface area contributed by atoms with Crippen LogP contribution in [0.25, 0.3) is 0 Å². The number of nitrogens with one attached hydrogen (secondary N) is 1. The van der Waals surface area contributed by atoms with E-state index in [4.69, 9.17) is 0 Å². The molecule has 0 fully saturated rings. The second kappa shape index (κ2) is 6.74. The van der Waals surface area contributed by atoms with Gasteiger partial charge in [-0.3, -0.25) is 4.79 Å². The minimum Gasteiger partial charge on any atom is -0.435 e. The molecule has 0 unspecified atom stereocenters. The van der Waals surface area contributed by atoms with Crippen LogP contribution in [0.5, 0.6) is 5.75 Å². The van der Waals surface area contributed by atoms with E-state index in [0.717, 1.165) is 6.26 Å². The Hall–Kier alpha value is -2.48. The molecule has 0 aromatic heterocycles. The molecule has 0 saturated carbocycles. The van der Waals surface area contributed by atoms with E-state index in [1.54, 1.807) is 12.1 Å². The smallest absolute Gasteiger partial charge is 0.387 e. The van der Waals surface area contributed by atoms with E-state index in [9.17, 15) is 22.0 Å². The van der Waals surface area contributed by atoms with Crippen LogP contribution in [0, 0.1) is 0 Å². The van der Waals surface area contributed by atoms with Gasteiger partial charge in [0.1, 0.15) is 5.75 Å². The number of amides is 1. The lowest BCUT2D eigenvalue weighted by Crippen LogP contribution is -2.14. The topological polar surface area (TPSA) is 72.5 Å². The molecule has 0 bridgehead atoms. The van der Waals surface area contributed by atoms with E-state index in [-0.39, 0.29) is 21.9 Å². The summed E-state index contributed by atoms with van der Waals surface area (Å²) < 4.78 is 51.7. The van der Waals surface area contributed by atoms with Crippen LogP contribution < -0.4 is 10.1 Å². The van der Waals surface area contributed by atoms with Crippen molar-refractivity contribution in [3.8, 4) is 5.75 Å². The lowest BCUT2D eigenvalue weighted by molar-refractivity contribution is -0.0498. The van der Waals surface area contributed by atoms with E-state index >= 15 is 0 Å². The van der Waals surface area contributed by atoms with E-state index in [1.165, 1.54) is 36.4 Å². The number of alkyl halides is 2. The fourth-order valence-corrected chi connectivity index (χ4v) is 2.72. The van der Waals surface area contributed by atoms with Crippen LogP contribution in [-0.4, -0.2) is 27.2 Å². The quantitative estimate of drug-likeness (QED) is 0.907. The van der Waals surface area contributed by atoms with Gasteiger partial charge >= 0.3 is 6.61 Å². The summed E-state index contributed by atoms with van der Waals surface area (Å²) in [6.45, 7) is -2.95. The standard InChI is InChI=1S/C15H13F2NO4S/c1-23(20,21)13-5-3-2-4-12(13)18-14(19)10-6-8-11(9-7-10)22-15(16)17/h2-9,15H,1H3,(H,18,19). The highest BCUT2D eigenvalue weighted by molar-refractivity contribution is 7.90. The van der Waals surface area contributed by atoms with Crippen LogP contribution in [0.3, 0.4) is 0 Å². The number of rotatable bonds is 5. The van der Waals surface area contributed by atoms with Crippen molar-refractivity contribution in [3.05, 3.63) is 54.1 Å². The summed E-state index contributed by atoms with van der Waals surface area (Å²) >= 11 is 0. The van der Waals surface area contributed by atoms with Gasteiger partial charge in [-0.05, 0) is 36.4 Å².